The molecule has 0 heterocycles. The van der Waals surface area contributed by atoms with Crippen LogP contribution < -0.4 is 5.73 Å². The lowest BCUT2D eigenvalue weighted by Crippen LogP contribution is -2.06. The number of hydrogen-bond donors (Lipinski definition) is 2. The topological polar surface area (TPSA) is 63.3 Å². The lowest BCUT2D eigenvalue weighted by Gasteiger charge is -2.09. The molecule has 0 saturated carbocycles. The van der Waals surface area contributed by atoms with Crippen molar-refractivity contribution < 1.29 is 9.90 Å². The van der Waals surface area contributed by atoms with Crippen LogP contribution in [0.25, 0.3) is 0 Å². The number of nitrogen functional groups attached to an aromatic ring is 1. The van der Waals surface area contributed by atoms with Crippen LogP contribution in [-0.4, -0.2) is 11.1 Å². The zero-order valence-corrected chi connectivity index (χ0v) is 8.97. The number of anilines is 1. The molecule has 1 aromatic rings. The maximum Gasteiger partial charge on any atom is 0.336 e. The Hall–Kier alpha value is -1.03. The van der Waals surface area contributed by atoms with Gasteiger partial charge in [0.2, 0.25) is 0 Å². The predicted octanol–water partition coefficient (Wildman–Crippen LogP) is 2.35. The van der Waals surface area contributed by atoms with Gasteiger partial charge in [-0.3, -0.25) is 0 Å². The molecule has 70 valence electrons. The first-order chi connectivity index (χ1) is 5.95. The van der Waals surface area contributed by atoms with Crippen molar-refractivity contribution in [1.82, 2.24) is 0 Å². The van der Waals surface area contributed by atoms with Crippen molar-refractivity contribution in [3.8, 4) is 0 Å². The van der Waals surface area contributed by atoms with E-state index < -0.39 is 5.97 Å². The van der Waals surface area contributed by atoms with Crippen LogP contribution in [0.2, 0.25) is 0 Å². The molecular formula is C9H10BrNO2. The third-order valence-corrected chi connectivity index (χ3v) is 2.64. The molecule has 0 atom stereocenters. The van der Waals surface area contributed by atoms with Gasteiger partial charge in [-0.2, -0.15) is 0 Å². The smallest absolute Gasteiger partial charge is 0.336 e. The van der Waals surface area contributed by atoms with Crippen LogP contribution in [0.1, 0.15) is 21.5 Å². The minimum Gasteiger partial charge on any atom is -0.478 e. The fourth-order valence-corrected chi connectivity index (χ4v) is 1.92. The number of carboxylic acids is 1. The lowest BCUT2D eigenvalue weighted by atomic mass is 10.0. The Balaban J connectivity index is 3.53. The second-order valence-electron chi connectivity index (χ2n) is 2.89. The largest absolute Gasteiger partial charge is 0.478 e. The summed E-state index contributed by atoms with van der Waals surface area (Å²) in [6.07, 6.45) is 0. The Labute approximate surface area is 84.7 Å². The summed E-state index contributed by atoms with van der Waals surface area (Å²) in [4.78, 5) is 10.8. The SMILES string of the molecule is Cc1cc(Br)c(N)c(C)c1C(=O)O. The number of benzene rings is 1. The predicted molar refractivity (Wildman–Crippen MR) is 55.0 cm³/mol. The molecule has 0 aliphatic carbocycles. The summed E-state index contributed by atoms with van der Waals surface area (Å²) in [7, 11) is 0. The number of nitrogens with two attached hydrogens (primary N) is 1. The Bertz CT molecular complexity index is 374. The van der Waals surface area contributed by atoms with Crippen LogP contribution in [0.3, 0.4) is 0 Å². The third kappa shape index (κ3) is 1.67. The quantitative estimate of drug-likeness (QED) is 0.745. The molecule has 0 aliphatic heterocycles. The van der Waals surface area contributed by atoms with Gasteiger partial charge in [0, 0.05) is 10.2 Å². The number of carboxylic acid groups (broad SMARTS) is 1. The fraction of sp³-hybridized carbons (Fsp3) is 0.222. The molecule has 0 radical (unpaired) electrons. The summed E-state index contributed by atoms with van der Waals surface area (Å²) in [6, 6.07) is 1.71. The molecule has 0 aromatic heterocycles. The molecule has 0 bridgehead atoms. The van der Waals surface area contributed by atoms with E-state index in [0.29, 0.717) is 22.4 Å². The molecule has 3 N–H and O–H groups in total. The first-order valence-corrected chi connectivity index (χ1v) is 4.53. The lowest BCUT2D eigenvalue weighted by molar-refractivity contribution is 0.0695. The van der Waals surface area contributed by atoms with Crippen LogP contribution in [0, 0.1) is 13.8 Å². The van der Waals surface area contributed by atoms with E-state index >= 15 is 0 Å². The molecule has 1 rings (SSSR count). The zero-order valence-electron chi connectivity index (χ0n) is 7.39. The third-order valence-electron chi connectivity index (χ3n) is 1.99. The number of rotatable bonds is 1. The van der Waals surface area contributed by atoms with Gasteiger partial charge in [0.15, 0.2) is 0 Å². The molecule has 0 aliphatic rings. The zero-order chi connectivity index (χ0) is 10.2. The molecular weight excluding hydrogens is 234 g/mol. The van der Waals surface area contributed by atoms with Gasteiger partial charge in [0.25, 0.3) is 0 Å². The maximum absolute atomic E-state index is 10.8. The standard InChI is InChI=1S/C9H10BrNO2/c1-4-3-6(10)8(11)5(2)7(4)9(12)13/h3H,11H2,1-2H3,(H,12,13). The van der Waals surface area contributed by atoms with Gasteiger partial charge in [-0.15, -0.1) is 0 Å². The van der Waals surface area contributed by atoms with Crippen molar-refractivity contribution in [2.75, 3.05) is 5.73 Å². The number of hydrogen-bond acceptors (Lipinski definition) is 2. The van der Waals surface area contributed by atoms with Gasteiger partial charge in [0.05, 0.1) is 5.56 Å². The number of aromatic carboxylic acids is 1. The Kier molecular flexibility index (Phi) is 2.61. The molecule has 0 fully saturated rings. The average molecular weight is 244 g/mol. The van der Waals surface area contributed by atoms with E-state index in [1.807, 2.05) is 0 Å². The molecule has 1 aromatic carbocycles. The second kappa shape index (κ2) is 3.38. The first kappa shape index (κ1) is 10.1. The summed E-state index contributed by atoms with van der Waals surface area (Å²) < 4.78 is 0.743. The monoisotopic (exact) mass is 243 g/mol. The van der Waals surface area contributed by atoms with E-state index in [2.05, 4.69) is 15.9 Å². The number of aryl methyl sites for hydroxylation is 1. The van der Waals surface area contributed by atoms with E-state index in [9.17, 15) is 4.79 Å². The summed E-state index contributed by atoms with van der Waals surface area (Å²) in [6.45, 7) is 3.46. The molecule has 0 saturated heterocycles. The van der Waals surface area contributed by atoms with Gasteiger partial charge in [0.1, 0.15) is 0 Å². The van der Waals surface area contributed by atoms with Gasteiger partial charge < -0.3 is 10.8 Å². The molecule has 0 unspecified atom stereocenters. The molecule has 0 spiro atoms. The van der Waals surface area contributed by atoms with Crippen molar-refractivity contribution in [2.45, 2.75) is 13.8 Å². The Morgan fingerprint density at radius 2 is 2.08 bits per heavy atom. The highest BCUT2D eigenvalue weighted by Gasteiger charge is 2.14. The summed E-state index contributed by atoms with van der Waals surface area (Å²) >= 11 is 3.26. The van der Waals surface area contributed by atoms with Crippen LogP contribution in [-0.2, 0) is 0 Å². The van der Waals surface area contributed by atoms with Gasteiger partial charge >= 0.3 is 5.97 Å². The molecule has 13 heavy (non-hydrogen) atoms. The van der Waals surface area contributed by atoms with E-state index in [0.717, 1.165) is 4.47 Å². The van der Waals surface area contributed by atoms with Crippen molar-refractivity contribution in [2.24, 2.45) is 0 Å². The van der Waals surface area contributed by atoms with Gasteiger partial charge in [-0.05, 0) is 47.0 Å². The van der Waals surface area contributed by atoms with Crippen molar-refractivity contribution in [1.29, 1.82) is 0 Å². The van der Waals surface area contributed by atoms with Gasteiger partial charge in [-0.25, -0.2) is 4.79 Å². The van der Waals surface area contributed by atoms with Crippen LogP contribution >= 0.6 is 15.9 Å². The fourth-order valence-electron chi connectivity index (χ4n) is 1.28. The maximum atomic E-state index is 10.8. The Morgan fingerprint density at radius 3 is 2.54 bits per heavy atom. The van der Waals surface area contributed by atoms with E-state index in [-0.39, 0.29) is 0 Å². The van der Waals surface area contributed by atoms with Crippen molar-refractivity contribution >= 4 is 27.6 Å². The molecule has 3 nitrogen and oxygen atoms in total. The highest BCUT2D eigenvalue weighted by atomic mass is 79.9. The normalized spacial score (nSPS) is 10.1. The number of carbonyl (C=O) groups is 1. The first-order valence-electron chi connectivity index (χ1n) is 3.73. The minimum absolute atomic E-state index is 0.292. The minimum atomic E-state index is -0.936. The summed E-state index contributed by atoms with van der Waals surface area (Å²) in [5, 5.41) is 8.89. The highest BCUT2D eigenvalue weighted by Crippen LogP contribution is 2.28. The molecule has 0 amide bonds. The van der Waals surface area contributed by atoms with Crippen LogP contribution in [0.15, 0.2) is 10.5 Å². The second-order valence-corrected chi connectivity index (χ2v) is 3.75. The number of halogens is 1. The van der Waals surface area contributed by atoms with E-state index in [1.54, 1.807) is 19.9 Å². The van der Waals surface area contributed by atoms with Crippen molar-refractivity contribution in [3.63, 3.8) is 0 Å². The van der Waals surface area contributed by atoms with Crippen LogP contribution in [0.5, 0.6) is 0 Å². The highest BCUT2D eigenvalue weighted by molar-refractivity contribution is 9.10. The average Bonchev–Trinajstić information content (AvgIpc) is 1.99. The Morgan fingerprint density at radius 1 is 1.54 bits per heavy atom. The van der Waals surface area contributed by atoms with Crippen molar-refractivity contribution in [3.05, 3.63) is 27.2 Å². The van der Waals surface area contributed by atoms with Gasteiger partial charge in [-0.1, -0.05) is 0 Å². The summed E-state index contributed by atoms with van der Waals surface area (Å²) in [5.74, 6) is -0.936. The molecule has 4 heteroatoms. The van der Waals surface area contributed by atoms with Crippen LogP contribution in [0.4, 0.5) is 5.69 Å². The summed E-state index contributed by atoms with van der Waals surface area (Å²) in [5.41, 5.74) is 7.78. The van der Waals surface area contributed by atoms with E-state index in [1.165, 1.54) is 0 Å². The van der Waals surface area contributed by atoms with E-state index in [4.69, 9.17) is 10.8 Å².